The molecule has 2 aromatic heterocycles. The van der Waals surface area contributed by atoms with Crippen molar-refractivity contribution < 1.29 is 54.1 Å². The number of H-pyrrole nitrogens is 2. The number of carbonyl (C=O) groups is 2. The minimum atomic E-state index is -1.71. The van der Waals surface area contributed by atoms with Gasteiger partial charge in [-0.25, -0.2) is 9.59 Å². The van der Waals surface area contributed by atoms with Crippen LogP contribution in [0.15, 0.2) is 53.6 Å². The van der Waals surface area contributed by atoms with Crippen LogP contribution in [0.25, 0.3) is 21.8 Å². The molecule has 0 unspecified atom stereocenters. The smallest absolute Gasteiger partial charge is 0.352 e. The third kappa shape index (κ3) is 5.19. The second kappa shape index (κ2) is 11.7. The molecule has 0 bridgehead atoms. The Morgan fingerprint density at radius 3 is 2.50 bits per heavy atom. The van der Waals surface area contributed by atoms with Crippen LogP contribution in [0.5, 0.6) is 0 Å². The highest BCUT2D eigenvalue weighted by molar-refractivity contribution is 6.09. The lowest BCUT2D eigenvalue weighted by Crippen LogP contribution is -2.60. The Balaban J connectivity index is 1.55. The zero-order valence-corrected chi connectivity index (χ0v) is 22.3. The van der Waals surface area contributed by atoms with E-state index in [-0.39, 0.29) is 23.1 Å². The summed E-state index contributed by atoms with van der Waals surface area (Å²) in [5, 5.41) is 51.3. The van der Waals surface area contributed by atoms with Gasteiger partial charge in [-0.2, -0.15) is 0 Å². The number of hydrogen-bond donors (Lipinski definition) is 7. The number of rotatable bonds is 8. The molecule has 7 N–H and O–H groups in total. The molecular weight excluding hydrogens is 556 g/mol. The van der Waals surface area contributed by atoms with E-state index in [1.807, 2.05) is 0 Å². The molecule has 2 aliphatic rings. The molecule has 0 amide bonds. The molecule has 14 heteroatoms. The van der Waals surface area contributed by atoms with Crippen molar-refractivity contribution >= 4 is 33.7 Å². The van der Waals surface area contributed by atoms with Crippen LogP contribution < -0.4 is 5.43 Å². The van der Waals surface area contributed by atoms with Crippen LogP contribution in [0.2, 0.25) is 0 Å². The number of carboxylic acid groups (broad SMARTS) is 1. The lowest BCUT2D eigenvalue weighted by molar-refractivity contribution is -0.339. The number of nitrogens with one attached hydrogen (secondary N) is 2. The molecule has 2 aliphatic heterocycles. The van der Waals surface area contributed by atoms with Crippen molar-refractivity contribution in [2.24, 2.45) is 11.8 Å². The van der Waals surface area contributed by atoms with Crippen LogP contribution in [0.1, 0.15) is 16.2 Å². The molecular formula is C28H30N2O12. The Kier molecular flexibility index (Phi) is 8.19. The Labute approximate surface area is 237 Å². The average Bonchev–Trinajstić information content (AvgIpc) is 3.34. The second-order valence-electron chi connectivity index (χ2n) is 10.1. The van der Waals surface area contributed by atoms with Gasteiger partial charge in [0.1, 0.15) is 30.1 Å². The number of aromatic carboxylic acids is 1. The van der Waals surface area contributed by atoms with E-state index in [4.69, 9.17) is 18.9 Å². The molecule has 42 heavy (non-hydrogen) atoms. The van der Waals surface area contributed by atoms with Crippen LogP contribution in [0.4, 0.5) is 0 Å². The number of esters is 1. The lowest BCUT2D eigenvalue weighted by atomic mass is 9.80. The van der Waals surface area contributed by atoms with E-state index in [9.17, 15) is 39.9 Å². The van der Waals surface area contributed by atoms with E-state index in [0.29, 0.717) is 27.5 Å². The molecule has 1 aromatic carbocycles. The summed E-state index contributed by atoms with van der Waals surface area (Å²) in [6.45, 7) is 3.18. The summed E-state index contributed by atoms with van der Waals surface area (Å²) in [7, 11) is 1.19. The summed E-state index contributed by atoms with van der Waals surface area (Å²) in [5.41, 5.74) is 1.09. The van der Waals surface area contributed by atoms with Crippen molar-refractivity contribution in [1.82, 2.24) is 9.97 Å². The predicted molar refractivity (Wildman–Crippen MR) is 144 cm³/mol. The SMILES string of the molecule is C=C[C@@H]1[C@@H](O[C@H]2O[C@@H](CO)[C@H](O)[C@@H](O)[C@@H]2O)OC=C(C(=O)OC)[C@H]1Cc1[nH]c(C(=O)O)cc2c1[nH]c1cc(=O)ccc12. The number of aliphatic hydroxyl groups is 4. The minimum Gasteiger partial charge on any atom is -0.477 e. The van der Waals surface area contributed by atoms with Crippen molar-refractivity contribution in [2.45, 2.75) is 43.4 Å². The first kappa shape index (κ1) is 29.4. The van der Waals surface area contributed by atoms with E-state index < -0.39 is 67.4 Å². The molecule has 8 atom stereocenters. The fraction of sp³-hybridized carbons (Fsp3) is 0.393. The number of pyridine rings is 1. The summed E-state index contributed by atoms with van der Waals surface area (Å²) in [6, 6.07) is 5.81. The van der Waals surface area contributed by atoms with Crippen molar-refractivity contribution in [3.63, 3.8) is 0 Å². The van der Waals surface area contributed by atoms with E-state index in [2.05, 4.69) is 16.5 Å². The van der Waals surface area contributed by atoms with Gasteiger partial charge in [-0.3, -0.25) is 4.79 Å². The van der Waals surface area contributed by atoms with Gasteiger partial charge in [0.05, 0.1) is 36.6 Å². The Hall–Kier alpha value is -4.05. The molecule has 4 heterocycles. The van der Waals surface area contributed by atoms with Crippen molar-refractivity contribution in [1.29, 1.82) is 0 Å². The highest BCUT2D eigenvalue weighted by Crippen LogP contribution is 2.38. The number of aromatic nitrogens is 2. The summed E-state index contributed by atoms with van der Waals surface area (Å²) in [6.07, 6.45) is -6.43. The largest absolute Gasteiger partial charge is 0.477 e. The molecule has 0 spiro atoms. The fourth-order valence-corrected chi connectivity index (χ4v) is 5.47. The quantitative estimate of drug-likeness (QED) is 0.136. The number of benzene rings is 1. The standard InChI is InChI=1S/C28H30N2O12/c1-3-12-14(7-18-21-15(8-19(29-18)25(36)37)13-5-4-11(32)6-17(13)30-21)16(26(38)39-2)10-40-27(12)42-28-24(35)23(34)22(33)20(9-31)41-28/h3-6,8,10,12,14,20,22-24,27-31,33-35H,1,7,9H2,2H3,(H,36,37)/t12-,14-,20-,22-,23+,24-,27+,28+/m0/s1. The topological polar surface area (TPSA) is 221 Å². The summed E-state index contributed by atoms with van der Waals surface area (Å²) >= 11 is 0. The molecule has 224 valence electrons. The van der Waals surface area contributed by atoms with Gasteiger partial charge in [-0.05, 0) is 24.6 Å². The van der Waals surface area contributed by atoms with Gasteiger partial charge in [-0.1, -0.05) is 6.08 Å². The number of carbonyl (C=O) groups excluding carboxylic acids is 1. The average molecular weight is 587 g/mol. The first-order valence-corrected chi connectivity index (χ1v) is 13.0. The summed E-state index contributed by atoms with van der Waals surface area (Å²) in [4.78, 5) is 42.9. The maximum Gasteiger partial charge on any atom is 0.352 e. The molecule has 1 saturated heterocycles. The minimum absolute atomic E-state index is 0.00416. The number of aliphatic hydroxyl groups excluding tert-OH is 4. The lowest BCUT2D eigenvalue weighted by Gasteiger charge is -2.43. The first-order chi connectivity index (χ1) is 20.1. The zero-order valence-electron chi connectivity index (χ0n) is 22.3. The second-order valence-corrected chi connectivity index (χ2v) is 10.1. The van der Waals surface area contributed by atoms with Crippen LogP contribution in [-0.4, -0.2) is 98.2 Å². The van der Waals surface area contributed by atoms with E-state index >= 15 is 0 Å². The Morgan fingerprint density at radius 1 is 1.07 bits per heavy atom. The van der Waals surface area contributed by atoms with Gasteiger partial charge in [0.2, 0.25) is 6.29 Å². The van der Waals surface area contributed by atoms with Gasteiger partial charge in [0, 0.05) is 34.4 Å². The number of methoxy groups -OCH3 is 1. The first-order valence-electron chi connectivity index (χ1n) is 13.0. The monoisotopic (exact) mass is 586 g/mol. The molecule has 1 fully saturated rings. The van der Waals surface area contributed by atoms with Crippen molar-refractivity contribution in [3.05, 3.63) is 70.4 Å². The van der Waals surface area contributed by atoms with Gasteiger partial charge >= 0.3 is 11.9 Å². The number of hydrogen-bond acceptors (Lipinski definition) is 11. The van der Waals surface area contributed by atoms with Gasteiger partial charge in [0.15, 0.2) is 11.7 Å². The van der Waals surface area contributed by atoms with Crippen molar-refractivity contribution in [3.8, 4) is 0 Å². The predicted octanol–water partition coefficient (Wildman–Crippen LogP) is -0.102. The molecule has 5 rings (SSSR count). The summed E-state index contributed by atoms with van der Waals surface area (Å²) in [5.74, 6) is -3.57. The number of aromatic amines is 2. The summed E-state index contributed by atoms with van der Waals surface area (Å²) < 4.78 is 21.9. The maximum atomic E-state index is 12.8. The highest BCUT2D eigenvalue weighted by Gasteiger charge is 2.47. The Morgan fingerprint density at radius 2 is 1.83 bits per heavy atom. The van der Waals surface area contributed by atoms with Crippen LogP contribution in [-0.2, 0) is 30.2 Å². The maximum absolute atomic E-state index is 12.8. The van der Waals surface area contributed by atoms with Crippen LogP contribution in [0, 0.1) is 11.8 Å². The Bertz CT molecular complexity index is 1610. The molecule has 0 aliphatic carbocycles. The zero-order chi connectivity index (χ0) is 30.3. The van der Waals surface area contributed by atoms with Gasteiger partial charge in [0.25, 0.3) is 0 Å². The van der Waals surface area contributed by atoms with E-state index in [0.717, 1.165) is 6.26 Å². The molecule has 14 nitrogen and oxygen atoms in total. The number of carboxylic acids is 1. The van der Waals surface area contributed by atoms with Gasteiger partial charge in [-0.15, -0.1) is 6.58 Å². The highest BCUT2D eigenvalue weighted by atomic mass is 16.8. The molecule has 0 radical (unpaired) electrons. The van der Waals surface area contributed by atoms with E-state index in [1.165, 1.54) is 31.4 Å². The van der Waals surface area contributed by atoms with Crippen LogP contribution >= 0.6 is 0 Å². The number of ether oxygens (including phenoxy) is 4. The third-order valence-corrected chi connectivity index (χ3v) is 7.66. The molecule has 0 saturated carbocycles. The molecule has 3 aromatic rings. The normalized spacial score (nSPS) is 29.6. The van der Waals surface area contributed by atoms with Crippen LogP contribution in [0.3, 0.4) is 0 Å². The fourth-order valence-electron chi connectivity index (χ4n) is 5.47. The van der Waals surface area contributed by atoms with Crippen molar-refractivity contribution in [2.75, 3.05) is 13.7 Å². The number of fused-ring (bicyclic) bond motifs is 3. The van der Waals surface area contributed by atoms with E-state index in [1.54, 1.807) is 6.07 Å². The van der Waals surface area contributed by atoms with Gasteiger partial charge < -0.3 is 54.4 Å². The third-order valence-electron chi connectivity index (χ3n) is 7.66.